The minimum Gasteiger partial charge on any atom is -0.486 e. The van der Waals surface area contributed by atoms with Crippen LogP contribution in [0.5, 0.6) is 5.75 Å². The maximum Gasteiger partial charge on any atom is 0.311 e. The summed E-state index contributed by atoms with van der Waals surface area (Å²) in [4.78, 5) is 14.4. The molecule has 0 atom stereocenters. The molecule has 88 valence electrons. The highest BCUT2D eigenvalue weighted by atomic mass is 16.5. The first-order chi connectivity index (χ1) is 8.24. The Labute approximate surface area is 97.3 Å². The van der Waals surface area contributed by atoms with E-state index in [4.69, 9.17) is 9.84 Å². The van der Waals surface area contributed by atoms with Crippen LogP contribution in [0.1, 0.15) is 11.6 Å². The molecule has 1 heterocycles. The highest BCUT2D eigenvalue weighted by Gasteiger charge is 2.07. The zero-order chi connectivity index (χ0) is 12.1. The average molecular weight is 233 g/mol. The largest absolute Gasteiger partial charge is 0.486 e. The average Bonchev–Trinajstić information content (AvgIpc) is 2.75. The van der Waals surface area contributed by atoms with Crippen molar-refractivity contribution < 1.29 is 14.6 Å². The van der Waals surface area contributed by atoms with E-state index in [0.29, 0.717) is 5.82 Å². The number of nitrogens with zero attached hydrogens (tertiary/aromatic N) is 2. The van der Waals surface area contributed by atoms with Gasteiger partial charge in [0, 0.05) is 0 Å². The summed E-state index contributed by atoms with van der Waals surface area (Å²) in [5.41, 5.74) is 0. The Morgan fingerprint density at radius 1 is 1.35 bits per heavy atom. The van der Waals surface area contributed by atoms with Gasteiger partial charge >= 0.3 is 5.97 Å². The molecule has 6 nitrogen and oxygen atoms in total. The number of carbonyl (C=O) groups is 1. The quantitative estimate of drug-likeness (QED) is 0.804. The Hall–Kier alpha value is -2.37. The number of aliphatic carboxylic acids is 1. The molecule has 0 saturated heterocycles. The molecule has 0 aliphatic heterocycles. The lowest BCUT2D eigenvalue weighted by atomic mass is 10.3. The molecule has 17 heavy (non-hydrogen) atoms. The fourth-order valence-corrected chi connectivity index (χ4v) is 1.28. The van der Waals surface area contributed by atoms with E-state index in [2.05, 4.69) is 15.2 Å². The van der Waals surface area contributed by atoms with Gasteiger partial charge in [0.1, 0.15) is 18.8 Å². The maximum absolute atomic E-state index is 10.4. The monoisotopic (exact) mass is 233 g/mol. The van der Waals surface area contributed by atoms with E-state index in [-0.39, 0.29) is 18.9 Å². The van der Waals surface area contributed by atoms with Gasteiger partial charge in [0.05, 0.1) is 0 Å². The third-order valence-electron chi connectivity index (χ3n) is 2.01. The van der Waals surface area contributed by atoms with E-state index in [0.717, 1.165) is 5.75 Å². The highest BCUT2D eigenvalue weighted by molar-refractivity contribution is 5.68. The van der Waals surface area contributed by atoms with Crippen molar-refractivity contribution in [2.75, 3.05) is 0 Å². The van der Waals surface area contributed by atoms with Crippen molar-refractivity contribution in [2.24, 2.45) is 0 Å². The molecule has 2 rings (SSSR count). The molecule has 0 aliphatic carbocycles. The van der Waals surface area contributed by atoms with E-state index in [1.807, 2.05) is 30.3 Å². The van der Waals surface area contributed by atoms with Gasteiger partial charge in [-0.05, 0) is 12.1 Å². The van der Waals surface area contributed by atoms with Crippen LogP contribution in [0.3, 0.4) is 0 Å². The van der Waals surface area contributed by atoms with Crippen molar-refractivity contribution >= 4 is 5.97 Å². The van der Waals surface area contributed by atoms with Crippen LogP contribution >= 0.6 is 0 Å². The second-order valence-corrected chi connectivity index (χ2v) is 3.37. The first kappa shape index (κ1) is 11.1. The highest BCUT2D eigenvalue weighted by Crippen LogP contribution is 2.09. The summed E-state index contributed by atoms with van der Waals surface area (Å²) < 4.78 is 5.43. The number of benzene rings is 1. The van der Waals surface area contributed by atoms with Crippen molar-refractivity contribution in [3.8, 4) is 5.75 Å². The van der Waals surface area contributed by atoms with Gasteiger partial charge in [0.15, 0.2) is 11.6 Å². The fraction of sp³-hybridized carbons (Fsp3) is 0.182. The summed E-state index contributed by atoms with van der Waals surface area (Å²) in [6.07, 6.45) is -0.193. The lowest BCUT2D eigenvalue weighted by molar-refractivity contribution is -0.136. The molecule has 1 aromatic heterocycles. The summed E-state index contributed by atoms with van der Waals surface area (Å²) in [5, 5.41) is 15.0. The van der Waals surface area contributed by atoms with Crippen LogP contribution in [-0.4, -0.2) is 26.3 Å². The third-order valence-corrected chi connectivity index (χ3v) is 2.01. The van der Waals surface area contributed by atoms with E-state index < -0.39 is 5.97 Å². The number of rotatable bonds is 5. The Morgan fingerprint density at radius 2 is 2.12 bits per heavy atom. The Balaban J connectivity index is 1.91. The number of carboxylic acids is 1. The standard InChI is InChI=1S/C11H11N3O3/c15-11(16)6-9-12-10(14-13-9)7-17-8-4-2-1-3-5-8/h1-5H,6-7H2,(H,15,16)(H,12,13,14). The van der Waals surface area contributed by atoms with E-state index >= 15 is 0 Å². The summed E-state index contributed by atoms with van der Waals surface area (Å²) in [5.74, 6) is 0.525. The second-order valence-electron chi connectivity index (χ2n) is 3.37. The molecule has 0 bridgehead atoms. The van der Waals surface area contributed by atoms with Gasteiger partial charge in [0.2, 0.25) is 0 Å². The molecule has 0 spiro atoms. The molecule has 0 radical (unpaired) electrons. The normalized spacial score (nSPS) is 10.1. The van der Waals surface area contributed by atoms with Crippen molar-refractivity contribution in [1.29, 1.82) is 0 Å². The molecular formula is C11H11N3O3. The van der Waals surface area contributed by atoms with Crippen molar-refractivity contribution in [3.63, 3.8) is 0 Å². The molecule has 0 fully saturated rings. The van der Waals surface area contributed by atoms with Crippen LogP contribution < -0.4 is 4.74 Å². The van der Waals surface area contributed by atoms with Crippen LogP contribution in [0.15, 0.2) is 30.3 Å². The zero-order valence-corrected chi connectivity index (χ0v) is 8.96. The Kier molecular flexibility index (Phi) is 3.34. The number of nitrogens with one attached hydrogen (secondary N) is 1. The van der Waals surface area contributed by atoms with Gasteiger partial charge in [-0.3, -0.25) is 9.89 Å². The molecule has 6 heteroatoms. The molecule has 2 aromatic rings. The van der Waals surface area contributed by atoms with Gasteiger partial charge < -0.3 is 9.84 Å². The maximum atomic E-state index is 10.4. The first-order valence-corrected chi connectivity index (χ1v) is 5.04. The SMILES string of the molecule is O=C(O)Cc1n[nH]c(COc2ccccc2)n1. The van der Waals surface area contributed by atoms with Gasteiger partial charge in [-0.1, -0.05) is 18.2 Å². The number of H-pyrrole nitrogens is 1. The van der Waals surface area contributed by atoms with E-state index in [1.54, 1.807) is 0 Å². The zero-order valence-electron chi connectivity index (χ0n) is 8.96. The Bertz CT molecular complexity index is 496. The summed E-state index contributed by atoms with van der Waals surface area (Å²) in [6, 6.07) is 9.28. The van der Waals surface area contributed by atoms with Crippen LogP contribution in [0, 0.1) is 0 Å². The number of hydrogen-bond donors (Lipinski definition) is 2. The third kappa shape index (κ3) is 3.30. The molecule has 0 amide bonds. The Morgan fingerprint density at radius 3 is 2.82 bits per heavy atom. The van der Waals surface area contributed by atoms with Crippen LogP contribution in [0.2, 0.25) is 0 Å². The molecule has 0 unspecified atom stereocenters. The number of carboxylic acid groups (broad SMARTS) is 1. The number of ether oxygens (including phenoxy) is 1. The van der Waals surface area contributed by atoms with Gasteiger partial charge in [-0.25, -0.2) is 4.98 Å². The lowest BCUT2D eigenvalue weighted by Crippen LogP contribution is -2.02. The number of aromatic amines is 1. The number of hydrogen-bond acceptors (Lipinski definition) is 4. The topological polar surface area (TPSA) is 88.1 Å². The molecule has 2 N–H and O–H groups in total. The van der Waals surface area contributed by atoms with Gasteiger partial charge in [-0.15, -0.1) is 0 Å². The predicted octanol–water partition coefficient (Wildman–Crippen LogP) is 1.01. The van der Waals surface area contributed by atoms with E-state index in [1.165, 1.54) is 0 Å². The fourth-order valence-electron chi connectivity index (χ4n) is 1.28. The van der Waals surface area contributed by atoms with Crippen molar-refractivity contribution in [2.45, 2.75) is 13.0 Å². The summed E-state index contributed by atoms with van der Waals surface area (Å²) in [6.45, 7) is 0.233. The number of para-hydroxylation sites is 1. The van der Waals surface area contributed by atoms with Gasteiger partial charge in [0.25, 0.3) is 0 Å². The summed E-state index contributed by atoms with van der Waals surface area (Å²) >= 11 is 0. The van der Waals surface area contributed by atoms with Crippen LogP contribution in [0.25, 0.3) is 0 Å². The van der Waals surface area contributed by atoms with Crippen molar-refractivity contribution in [1.82, 2.24) is 15.2 Å². The first-order valence-electron chi connectivity index (χ1n) is 5.04. The smallest absolute Gasteiger partial charge is 0.311 e. The van der Waals surface area contributed by atoms with Crippen molar-refractivity contribution in [3.05, 3.63) is 42.0 Å². The number of aromatic nitrogens is 3. The van der Waals surface area contributed by atoms with Crippen LogP contribution in [0.4, 0.5) is 0 Å². The van der Waals surface area contributed by atoms with Crippen LogP contribution in [-0.2, 0) is 17.8 Å². The van der Waals surface area contributed by atoms with E-state index in [9.17, 15) is 4.79 Å². The minimum absolute atomic E-state index is 0.193. The van der Waals surface area contributed by atoms with Gasteiger partial charge in [-0.2, -0.15) is 5.10 Å². The molecular weight excluding hydrogens is 222 g/mol. The minimum atomic E-state index is -0.959. The summed E-state index contributed by atoms with van der Waals surface area (Å²) in [7, 11) is 0. The second kappa shape index (κ2) is 5.11. The lowest BCUT2D eigenvalue weighted by Gasteiger charge is -2.02. The predicted molar refractivity (Wildman–Crippen MR) is 58.5 cm³/mol. The molecule has 1 aromatic carbocycles. The molecule has 0 aliphatic rings. The molecule has 0 saturated carbocycles.